The van der Waals surface area contributed by atoms with Crippen LogP contribution in [-0.2, 0) is 0 Å². The maximum Gasteiger partial charge on any atom is 0.144 e. The van der Waals surface area contributed by atoms with E-state index in [2.05, 4.69) is 54.6 Å². The van der Waals surface area contributed by atoms with Crippen molar-refractivity contribution in [2.75, 3.05) is 0 Å². The first kappa shape index (κ1) is 13.7. The molecule has 0 bridgehead atoms. The molecule has 2 aromatic heterocycles. The Balaban J connectivity index is 1.91. The molecule has 0 aliphatic rings. The standard InChI is InChI=1S/C22H11ClOS/c23-13-6-9-18-17(11-13)20-19(25-18)10-8-16-15-7-5-12-3-1-2-4-14(12)21(15)24-22(16)20/h1-11H. The van der Waals surface area contributed by atoms with Gasteiger partial charge >= 0.3 is 0 Å². The first-order valence-electron chi connectivity index (χ1n) is 8.14. The van der Waals surface area contributed by atoms with Gasteiger partial charge in [-0.25, -0.2) is 0 Å². The van der Waals surface area contributed by atoms with Crippen LogP contribution in [-0.4, -0.2) is 0 Å². The first-order valence-corrected chi connectivity index (χ1v) is 9.34. The third kappa shape index (κ3) is 1.78. The number of thiophene rings is 1. The molecular weight excluding hydrogens is 348 g/mol. The number of benzene rings is 4. The summed E-state index contributed by atoms with van der Waals surface area (Å²) in [4.78, 5) is 0. The quantitative estimate of drug-likeness (QED) is 0.270. The zero-order valence-electron chi connectivity index (χ0n) is 13.0. The van der Waals surface area contributed by atoms with Crippen molar-refractivity contribution in [2.45, 2.75) is 0 Å². The summed E-state index contributed by atoms with van der Waals surface area (Å²) in [5, 5.41) is 7.77. The van der Waals surface area contributed by atoms with Crippen LogP contribution in [0.5, 0.6) is 0 Å². The fourth-order valence-corrected chi connectivity index (χ4v) is 5.05. The minimum atomic E-state index is 0.755. The Kier molecular flexibility index (Phi) is 2.61. The molecule has 3 heteroatoms. The Bertz CT molecular complexity index is 1460. The first-order chi connectivity index (χ1) is 12.3. The van der Waals surface area contributed by atoms with Crippen LogP contribution in [0.3, 0.4) is 0 Å². The average molecular weight is 359 g/mol. The largest absolute Gasteiger partial charge is 0.455 e. The van der Waals surface area contributed by atoms with Crippen LogP contribution >= 0.6 is 22.9 Å². The number of fused-ring (bicyclic) bond motifs is 9. The van der Waals surface area contributed by atoms with Gasteiger partial charge in [-0.2, -0.15) is 0 Å². The van der Waals surface area contributed by atoms with Crippen molar-refractivity contribution in [1.29, 1.82) is 0 Å². The molecule has 0 atom stereocenters. The lowest BCUT2D eigenvalue weighted by atomic mass is 10.0. The van der Waals surface area contributed by atoms with E-state index >= 15 is 0 Å². The van der Waals surface area contributed by atoms with E-state index in [4.69, 9.17) is 16.0 Å². The van der Waals surface area contributed by atoms with E-state index in [0.29, 0.717) is 0 Å². The molecule has 1 nitrogen and oxygen atoms in total. The lowest BCUT2D eigenvalue weighted by Crippen LogP contribution is -1.72. The molecule has 0 radical (unpaired) electrons. The van der Waals surface area contributed by atoms with Crippen molar-refractivity contribution >= 4 is 75.8 Å². The summed E-state index contributed by atoms with van der Waals surface area (Å²) in [7, 11) is 0. The number of rotatable bonds is 0. The molecular formula is C22H11ClOS. The van der Waals surface area contributed by atoms with Gasteiger partial charge in [0.15, 0.2) is 0 Å². The Morgan fingerprint density at radius 1 is 0.680 bits per heavy atom. The summed E-state index contributed by atoms with van der Waals surface area (Å²) in [6, 6.07) is 23.1. The van der Waals surface area contributed by atoms with E-state index in [1.54, 1.807) is 11.3 Å². The van der Waals surface area contributed by atoms with E-state index in [9.17, 15) is 0 Å². The highest BCUT2D eigenvalue weighted by Crippen LogP contribution is 2.43. The Morgan fingerprint density at radius 2 is 1.48 bits per heavy atom. The van der Waals surface area contributed by atoms with Gasteiger partial charge in [0, 0.05) is 41.4 Å². The monoisotopic (exact) mass is 358 g/mol. The number of hydrogen-bond donors (Lipinski definition) is 0. The highest BCUT2D eigenvalue weighted by atomic mass is 35.5. The maximum absolute atomic E-state index is 6.45. The van der Waals surface area contributed by atoms with Gasteiger partial charge in [-0.1, -0.05) is 41.9 Å². The van der Waals surface area contributed by atoms with Crippen LogP contribution < -0.4 is 0 Å². The van der Waals surface area contributed by atoms with Gasteiger partial charge in [-0.05, 0) is 41.8 Å². The van der Waals surface area contributed by atoms with Crippen LogP contribution in [0.25, 0.3) is 52.9 Å². The predicted octanol–water partition coefficient (Wildman–Crippen LogP) is 7.76. The molecule has 0 fully saturated rings. The van der Waals surface area contributed by atoms with E-state index in [1.807, 2.05) is 12.1 Å². The van der Waals surface area contributed by atoms with E-state index < -0.39 is 0 Å². The van der Waals surface area contributed by atoms with E-state index in [1.165, 1.54) is 25.6 Å². The van der Waals surface area contributed by atoms with Gasteiger partial charge in [0.05, 0.1) is 0 Å². The van der Waals surface area contributed by atoms with Gasteiger partial charge in [-0.15, -0.1) is 11.3 Å². The molecule has 25 heavy (non-hydrogen) atoms. The molecule has 4 aromatic carbocycles. The lowest BCUT2D eigenvalue weighted by Gasteiger charge is -1.97. The van der Waals surface area contributed by atoms with Crippen molar-refractivity contribution in [1.82, 2.24) is 0 Å². The van der Waals surface area contributed by atoms with Gasteiger partial charge in [0.2, 0.25) is 0 Å². The second kappa shape index (κ2) is 4.75. The van der Waals surface area contributed by atoms with E-state index in [-0.39, 0.29) is 0 Å². The summed E-state index contributed by atoms with van der Waals surface area (Å²) in [5.41, 5.74) is 1.92. The second-order valence-electron chi connectivity index (χ2n) is 6.32. The molecule has 0 aliphatic heterocycles. The van der Waals surface area contributed by atoms with Crippen LogP contribution in [0.1, 0.15) is 0 Å². The van der Waals surface area contributed by atoms with Crippen molar-refractivity contribution in [2.24, 2.45) is 0 Å². The fraction of sp³-hybridized carbons (Fsp3) is 0. The number of furan rings is 1. The maximum atomic E-state index is 6.45. The number of halogens is 1. The minimum absolute atomic E-state index is 0.755. The SMILES string of the molecule is Clc1ccc2sc3ccc4c5ccc6ccccc6c5oc4c3c2c1. The molecule has 0 spiro atoms. The third-order valence-corrected chi connectivity index (χ3v) is 6.30. The fourth-order valence-electron chi connectivity index (χ4n) is 3.79. The normalized spacial score (nSPS) is 12.2. The van der Waals surface area contributed by atoms with Crippen LogP contribution in [0, 0.1) is 0 Å². The molecule has 0 unspecified atom stereocenters. The molecule has 6 aromatic rings. The second-order valence-corrected chi connectivity index (χ2v) is 7.84. The summed E-state index contributed by atoms with van der Waals surface area (Å²) in [6.07, 6.45) is 0. The molecule has 0 aliphatic carbocycles. The van der Waals surface area contributed by atoms with Crippen molar-refractivity contribution < 1.29 is 4.42 Å². The van der Waals surface area contributed by atoms with Crippen LogP contribution in [0.15, 0.2) is 71.1 Å². The Labute approximate surface area is 152 Å². The molecule has 118 valence electrons. The topological polar surface area (TPSA) is 13.1 Å². The molecule has 2 heterocycles. The molecule has 0 N–H and O–H groups in total. The van der Waals surface area contributed by atoms with Gasteiger partial charge in [-0.3, -0.25) is 0 Å². The molecule has 0 amide bonds. The Morgan fingerprint density at radius 3 is 2.44 bits per heavy atom. The molecule has 0 saturated carbocycles. The molecule has 0 saturated heterocycles. The Hall–Kier alpha value is -2.55. The minimum Gasteiger partial charge on any atom is -0.455 e. The van der Waals surface area contributed by atoms with Crippen LogP contribution in [0.2, 0.25) is 5.02 Å². The van der Waals surface area contributed by atoms with Crippen molar-refractivity contribution in [3.05, 3.63) is 71.8 Å². The smallest absolute Gasteiger partial charge is 0.144 e. The average Bonchev–Trinajstić information content (AvgIpc) is 3.19. The van der Waals surface area contributed by atoms with Crippen molar-refractivity contribution in [3.8, 4) is 0 Å². The van der Waals surface area contributed by atoms with E-state index in [0.717, 1.165) is 32.3 Å². The van der Waals surface area contributed by atoms with Gasteiger partial charge in [0.1, 0.15) is 11.2 Å². The summed E-state index contributed by atoms with van der Waals surface area (Å²) < 4.78 is 8.91. The highest BCUT2D eigenvalue weighted by molar-refractivity contribution is 7.26. The lowest BCUT2D eigenvalue weighted by molar-refractivity contribution is 0.677. The zero-order valence-corrected chi connectivity index (χ0v) is 14.6. The van der Waals surface area contributed by atoms with Crippen LogP contribution in [0.4, 0.5) is 0 Å². The van der Waals surface area contributed by atoms with Gasteiger partial charge in [0.25, 0.3) is 0 Å². The van der Waals surface area contributed by atoms with Gasteiger partial charge < -0.3 is 4.42 Å². The number of hydrogen-bond acceptors (Lipinski definition) is 2. The predicted molar refractivity (Wildman–Crippen MR) is 109 cm³/mol. The third-order valence-electron chi connectivity index (χ3n) is 4.92. The van der Waals surface area contributed by atoms with Crippen molar-refractivity contribution in [3.63, 3.8) is 0 Å². The summed E-state index contributed by atoms with van der Waals surface area (Å²) in [6.45, 7) is 0. The summed E-state index contributed by atoms with van der Waals surface area (Å²) in [5.74, 6) is 0. The summed E-state index contributed by atoms with van der Waals surface area (Å²) >= 11 is 8.04. The highest BCUT2D eigenvalue weighted by Gasteiger charge is 2.16. The zero-order chi connectivity index (χ0) is 16.5. The molecule has 6 rings (SSSR count).